The van der Waals surface area contributed by atoms with Gasteiger partial charge >= 0.3 is 0 Å². The molecule has 0 spiro atoms. The molecule has 0 aromatic heterocycles. The number of carbonyl (C=O) groups is 2. The molecular formula is C16H21N3O2. The van der Waals surface area contributed by atoms with Gasteiger partial charge in [-0.3, -0.25) is 9.59 Å². The SMILES string of the molecule is O=C1CCCN1CC(=O)N1CCN[C@H](c2ccccc2)C1. The van der Waals surface area contributed by atoms with Crippen molar-refractivity contribution in [1.29, 1.82) is 0 Å². The number of piperazine rings is 1. The van der Waals surface area contributed by atoms with Gasteiger partial charge in [-0.05, 0) is 12.0 Å². The Labute approximate surface area is 124 Å². The van der Waals surface area contributed by atoms with Crippen molar-refractivity contribution >= 4 is 11.8 Å². The van der Waals surface area contributed by atoms with E-state index in [0.29, 0.717) is 19.5 Å². The molecule has 21 heavy (non-hydrogen) atoms. The zero-order valence-corrected chi connectivity index (χ0v) is 12.1. The highest BCUT2D eigenvalue weighted by Gasteiger charge is 2.28. The number of nitrogens with one attached hydrogen (secondary N) is 1. The van der Waals surface area contributed by atoms with Crippen molar-refractivity contribution in [1.82, 2.24) is 15.1 Å². The standard InChI is InChI=1S/C16H21N3O2/c20-15-7-4-9-18(15)12-16(21)19-10-8-17-14(11-19)13-5-2-1-3-6-13/h1-3,5-6,14,17H,4,7-12H2/t14-/m0/s1. The van der Waals surface area contributed by atoms with Crippen molar-refractivity contribution in [3.63, 3.8) is 0 Å². The van der Waals surface area contributed by atoms with Gasteiger partial charge in [0.15, 0.2) is 0 Å². The Morgan fingerprint density at radius 3 is 2.76 bits per heavy atom. The van der Waals surface area contributed by atoms with Crippen LogP contribution in [0.25, 0.3) is 0 Å². The Balaban J connectivity index is 1.60. The minimum Gasteiger partial charge on any atom is -0.338 e. The summed E-state index contributed by atoms with van der Waals surface area (Å²) in [5.74, 6) is 0.172. The van der Waals surface area contributed by atoms with E-state index in [0.717, 1.165) is 19.5 Å². The molecule has 2 aliphatic rings. The third-order valence-electron chi connectivity index (χ3n) is 4.23. The number of likely N-dealkylation sites (tertiary alicyclic amines) is 1. The largest absolute Gasteiger partial charge is 0.338 e. The Hall–Kier alpha value is -1.88. The lowest BCUT2D eigenvalue weighted by atomic mass is 10.0. The van der Waals surface area contributed by atoms with E-state index in [1.807, 2.05) is 23.1 Å². The summed E-state index contributed by atoms with van der Waals surface area (Å²) in [7, 11) is 0. The summed E-state index contributed by atoms with van der Waals surface area (Å²) in [4.78, 5) is 27.6. The molecule has 1 aromatic rings. The number of rotatable bonds is 3. The number of nitrogens with zero attached hydrogens (tertiary/aromatic N) is 2. The summed E-state index contributed by atoms with van der Waals surface area (Å²) in [6.07, 6.45) is 1.46. The monoisotopic (exact) mass is 287 g/mol. The molecule has 2 saturated heterocycles. The quantitative estimate of drug-likeness (QED) is 0.894. The van der Waals surface area contributed by atoms with Crippen molar-refractivity contribution in [2.24, 2.45) is 0 Å². The van der Waals surface area contributed by atoms with Gasteiger partial charge in [0.2, 0.25) is 11.8 Å². The highest BCUT2D eigenvalue weighted by atomic mass is 16.2. The molecule has 1 aromatic carbocycles. The van der Waals surface area contributed by atoms with E-state index in [1.54, 1.807) is 4.90 Å². The van der Waals surface area contributed by atoms with Crippen molar-refractivity contribution in [2.75, 3.05) is 32.7 Å². The molecule has 0 aliphatic carbocycles. The maximum atomic E-state index is 12.4. The van der Waals surface area contributed by atoms with Crippen LogP contribution in [0.1, 0.15) is 24.4 Å². The van der Waals surface area contributed by atoms with Crippen molar-refractivity contribution < 1.29 is 9.59 Å². The van der Waals surface area contributed by atoms with Gasteiger partial charge in [-0.1, -0.05) is 30.3 Å². The van der Waals surface area contributed by atoms with Crippen LogP contribution >= 0.6 is 0 Å². The maximum absolute atomic E-state index is 12.4. The minimum atomic E-state index is 0.0627. The summed E-state index contributed by atoms with van der Waals surface area (Å²) < 4.78 is 0. The molecule has 112 valence electrons. The number of hydrogen-bond donors (Lipinski definition) is 1. The summed E-state index contributed by atoms with van der Waals surface area (Å²) in [6.45, 7) is 3.13. The number of carbonyl (C=O) groups excluding carboxylic acids is 2. The van der Waals surface area contributed by atoms with Crippen LogP contribution in [0.4, 0.5) is 0 Å². The molecule has 5 nitrogen and oxygen atoms in total. The highest BCUT2D eigenvalue weighted by molar-refractivity contribution is 5.86. The molecule has 2 fully saturated rings. The Kier molecular flexibility index (Phi) is 4.20. The number of hydrogen-bond acceptors (Lipinski definition) is 3. The van der Waals surface area contributed by atoms with E-state index in [2.05, 4.69) is 17.4 Å². The van der Waals surface area contributed by atoms with Gasteiger partial charge in [0.05, 0.1) is 6.54 Å². The lowest BCUT2D eigenvalue weighted by Gasteiger charge is -2.34. The molecule has 2 heterocycles. The lowest BCUT2D eigenvalue weighted by molar-refractivity contribution is -0.139. The predicted octanol–water partition coefficient (Wildman–Crippen LogP) is 0.782. The summed E-state index contributed by atoms with van der Waals surface area (Å²) in [5.41, 5.74) is 1.20. The normalized spacial score (nSPS) is 22.7. The van der Waals surface area contributed by atoms with E-state index >= 15 is 0 Å². The van der Waals surface area contributed by atoms with E-state index in [-0.39, 0.29) is 24.4 Å². The fourth-order valence-corrected chi connectivity index (χ4v) is 3.02. The van der Waals surface area contributed by atoms with Gasteiger partial charge in [-0.15, -0.1) is 0 Å². The molecular weight excluding hydrogens is 266 g/mol. The second-order valence-electron chi connectivity index (χ2n) is 5.68. The summed E-state index contributed by atoms with van der Waals surface area (Å²) in [5, 5.41) is 3.45. The van der Waals surface area contributed by atoms with Gasteiger partial charge in [0.1, 0.15) is 0 Å². The smallest absolute Gasteiger partial charge is 0.242 e. The van der Waals surface area contributed by atoms with Crippen molar-refractivity contribution in [2.45, 2.75) is 18.9 Å². The minimum absolute atomic E-state index is 0.0627. The third-order valence-corrected chi connectivity index (χ3v) is 4.23. The highest BCUT2D eigenvalue weighted by Crippen LogP contribution is 2.17. The van der Waals surface area contributed by atoms with E-state index in [1.165, 1.54) is 5.56 Å². The molecule has 1 atom stereocenters. The van der Waals surface area contributed by atoms with Crippen LogP contribution in [0, 0.1) is 0 Å². The van der Waals surface area contributed by atoms with Crippen LogP contribution in [-0.2, 0) is 9.59 Å². The molecule has 2 amide bonds. The van der Waals surface area contributed by atoms with Crippen LogP contribution in [0.2, 0.25) is 0 Å². The Bertz CT molecular complexity index is 518. The molecule has 0 radical (unpaired) electrons. The first-order chi connectivity index (χ1) is 10.2. The van der Waals surface area contributed by atoms with Gasteiger partial charge < -0.3 is 15.1 Å². The Morgan fingerprint density at radius 2 is 2.05 bits per heavy atom. The molecule has 0 bridgehead atoms. The third kappa shape index (κ3) is 3.24. The summed E-state index contributed by atoms with van der Waals surface area (Å²) in [6, 6.07) is 10.4. The maximum Gasteiger partial charge on any atom is 0.242 e. The second-order valence-corrected chi connectivity index (χ2v) is 5.68. The fraction of sp³-hybridized carbons (Fsp3) is 0.500. The second kappa shape index (κ2) is 6.26. The van der Waals surface area contributed by atoms with Crippen molar-refractivity contribution in [3.05, 3.63) is 35.9 Å². The van der Waals surface area contributed by atoms with Crippen LogP contribution in [0.5, 0.6) is 0 Å². The number of benzene rings is 1. The molecule has 2 aliphatic heterocycles. The van der Waals surface area contributed by atoms with Gasteiger partial charge in [-0.25, -0.2) is 0 Å². The first-order valence-electron chi connectivity index (χ1n) is 7.58. The average molecular weight is 287 g/mol. The van der Waals surface area contributed by atoms with Crippen LogP contribution in [0.3, 0.4) is 0 Å². The zero-order valence-electron chi connectivity index (χ0n) is 12.1. The first kappa shape index (κ1) is 14.1. The van der Waals surface area contributed by atoms with Gasteiger partial charge in [0, 0.05) is 38.6 Å². The molecule has 0 saturated carbocycles. The van der Waals surface area contributed by atoms with E-state index < -0.39 is 0 Å². The first-order valence-corrected chi connectivity index (χ1v) is 7.58. The zero-order chi connectivity index (χ0) is 14.7. The molecule has 3 rings (SSSR count). The summed E-state index contributed by atoms with van der Waals surface area (Å²) >= 11 is 0. The Morgan fingerprint density at radius 1 is 1.24 bits per heavy atom. The van der Waals surface area contributed by atoms with Crippen LogP contribution < -0.4 is 5.32 Å². The van der Waals surface area contributed by atoms with E-state index in [9.17, 15) is 9.59 Å². The fourth-order valence-electron chi connectivity index (χ4n) is 3.02. The van der Waals surface area contributed by atoms with Crippen molar-refractivity contribution in [3.8, 4) is 0 Å². The predicted molar refractivity (Wildman–Crippen MR) is 79.6 cm³/mol. The van der Waals surface area contributed by atoms with E-state index in [4.69, 9.17) is 0 Å². The molecule has 0 unspecified atom stereocenters. The molecule has 5 heteroatoms. The number of amides is 2. The lowest BCUT2D eigenvalue weighted by Crippen LogP contribution is -2.51. The van der Waals surface area contributed by atoms with Gasteiger partial charge in [-0.2, -0.15) is 0 Å². The van der Waals surface area contributed by atoms with Crippen LogP contribution in [0.15, 0.2) is 30.3 Å². The molecule has 1 N–H and O–H groups in total. The topological polar surface area (TPSA) is 52.7 Å². The van der Waals surface area contributed by atoms with Gasteiger partial charge in [0.25, 0.3) is 0 Å². The average Bonchev–Trinajstić information content (AvgIpc) is 2.93. The van der Waals surface area contributed by atoms with Crippen LogP contribution in [-0.4, -0.2) is 54.3 Å².